The van der Waals surface area contributed by atoms with Crippen molar-refractivity contribution in [3.63, 3.8) is 0 Å². The number of rotatable bonds is 8. The number of hydrogen-bond acceptors (Lipinski definition) is 14. The zero-order valence-corrected chi connectivity index (χ0v) is 34.3. The van der Waals surface area contributed by atoms with Crippen LogP contribution < -0.4 is 40.4 Å². The lowest BCUT2D eigenvalue weighted by atomic mass is 9.65. The molecule has 6 heterocycles. The fourth-order valence-electron chi connectivity index (χ4n) is 9.89. The van der Waals surface area contributed by atoms with Gasteiger partial charge in [-0.1, -0.05) is 25.1 Å². The summed E-state index contributed by atoms with van der Waals surface area (Å²) in [5.74, 6) is -0.963. The number of aliphatic hydroxyl groups is 1. The minimum absolute atomic E-state index is 0.0451. The Balaban J connectivity index is 0.958. The number of hydrogen-bond donors (Lipinski definition) is 4. The first kappa shape index (κ1) is 38.4. The summed E-state index contributed by atoms with van der Waals surface area (Å²) in [6.07, 6.45) is 3.67. The molecule has 3 aromatic heterocycles. The molecule has 11 rings (SSSR count). The van der Waals surface area contributed by atoms with E-state index >= 15 is 0 Å². The maximum Gasteiger partial charge on any atom is 0.343 e. The quantitative estimate of drug-likeness (QED) is 0.135. The Kier molecular flexibility index (Phi) is 8.70. The van der Waals surface area contributed by atoms with Crippen molar-refractivity contribution in [2.75, 3.05) is 38.3 Å². The van der Waals surface area contributed by atoms with Gasteiger partial charge in [0.15, 0.2) is 28.6 Å². The number of carbonyl (C=O) groups is 2. The summed E-state index contributed by atoms with van der Waals surface area (Å²) in [4.78, 5) is 45.3. The number of esters is 2. The van der Waals surface area contributed by atoms with E-state index in [1.807, 2.05) is 66.9 Å². The molecule has 5 atom stereocenters. The van der Waals surface area contributed by atoms with Gasteiger partial charge in [-0.2, -0.15) is 0 Å². The van der Waals surface area contributed by atoms with Crippen LogP contribution in [0.4, 0.5) is 11.4 Å². The third-order valence-electron chi connectivity index (χ3n) is 13.1. The summed E-state index contributed by atoms with van der Waals surface area (Å²) < 4.78 is 35.2. The SMILES string of the molecule is CC[C@@]1(O)C(=O)OCc2c1cc1c3nc4ccccc4c(=CNc4ccc(NC5c6cc7c(cc6[C@@H](c6cc(OC)c(O)c(OC)c6)[C@H]6C(=O)OC[C@H]56)OCO7)cc4)c3cn1c2=O. The Hall–Kier alpha value is -7.52. The number of aromatic nitrogens is 2. The number of anilines is 2. The lowest BCUT2D eigenvalue weighted by molar-refractivity contribution is -0.172. The summed E-state index contributed by atoms with van der Waals surface area (Å²) in [5, 5.41) is 31.6. The third-order valence-corrected chi connectivity index (χ3v) is 13.1. The second kappa shape index (κ2) is 14.3. The molecule has 318 valence electrons. The molecule has 4 N–H and O–H groups in total. The van der Waals surface area contributed by atoms with Crippen molar-refractivity contribution in [2.24, 2.45) is 11.8 Å². The van der Waals surface area contributed by atoms with E-state index in [2.05, 4.69) is 10.6 Å². The average molecular weight is 849 g/mol. The van der Waals surface area contributed by atoms with Gasteiger partial charge in [0.05, 0.1) is 54.9 Å². The number of nitrogens with zero attached hydrogens (tertiary/aromatic N) is 2. The molecule has 1 fully saturated rings. The van der Waals surface area contributed by atoms with Gasteiger partial charge in [-0.05, 0) is 83.8 Å². The minimum Gasteiger partial charge on any atom is -0.502 e. The van der Waals surface area contributed by atoms with Crippen molar-refractivity contribution >= 4 is 56.8 Å². The summed E-state index contributed by atoms with van der Waals surface area (Å²) in [6, 6.07) is 24.2. The van der Waals surface area contributed by atoms with Crippen LogP contribution in [0.5, 0.6) is 28.7 Å². The monoisotopic (exact) mass is 848 g/mol. The van der Waals surface area contributed by atoms with Gasteiger partial charge < -0.3 is 49.3 Å². The summed E-state index contributed by atoms with van der Waals surface area (Å²) in [5.41, 5.74) is 3.95. The van der Waals surface area contributed by atoms with Gasteiger partial charge in [-0.3, -0.25) is 14.0 Å². The Labute approximate surface area is 358 Å². The normalized spacial score (nSPS) is 22.4. The molecule has 3 aliphatic heterocycles. The molecule has 0 spiro atoms. The fourth-order valence-corrected chi connectivity index (χ4v) is 9.89. The molecule has 7 aromatic rings. The van der Waals surface area contributed by atoms with Crippen LogP contribution in [-0.2, 0) is 31.3 Å². The van der Waals surface area contributed by atoms with Gasteiger partial charge >= 0.3 is 11.9 Å². The van der Waals surface area contributed by atoms with Crippen LogP contribution in [0.15, 0.2) is 89.9 Å². The van der Waals surface area contributed by atoms with E-state index in [1.54, 1.807) is 31.3 Å². The van der Waals surface area contributed by atoms with Crippen LogP contribution in [0.3, 0.4) is 0 Å². The number of fused-ring (bicyclic) bond motifs is 8. The summed E-state index contributed by atoms with van der Waals surface area (Å²) in [6.45, 7) is 1.72. The first-order chi connectivity index (χ1) is 30.6. The van der Waals surface area contributed by atoms with E-state index in [0.29, 0.717) is 33.4 Å². The summed E-state index contributed by atoms with van der Waals surface area (Å²) in [7, 11) is 2.93. The molecule has 0 saturated carbocycles. The number of carbonyl (C=O) groups excluding carboxylic acids is 2. The number of pyridine rings is 2. The molecule has 0 radical (unpaired) electrons. The first-order valence-corrected chi connectivity index (χ1v) is 20.6. The van der Waals surface area contributed by atoms with Crippen LogP contribution in [0, 0.1) is 11.8 Å². The van der Waals surface area contributed by atoms with Crippen molar-refractivity contribution in [1.29, 1.82) is 0 Å². The molecule has 4 aromatic carbocycles. The predicted octanol–water partition coefficient (Wildman–Crippen LogP) is 5.76. The highest BCUT2D eigenvalue weighted by molar-refractivity contribution is 6.02. The molecule has 4 aliphatic rings. The molecule has 15 heteroatoms. The smallest absolute Gasteiger partial charge is 0.343 e. The molecule has 63 heavy (non-hydrogen) atoms. The second-order valence-electron chi connectivity index (χ2n) is 16.2. The molecular weight excluding hydrogens is 809 g/mol. The molecule has 1 saturated heterocycles. The van der Waals surface area contributed by atoms with Gasteiger partial charge in [-0.15, -0.1) is 0 Å². The first-order valence-electron chi connectivity index (χ1n) is 20.6. The van der Waals surface area contributed by atoms with Crippen LogP contribution in [0.25, 0.3) is 33.5 Å². The lowest BCUT2D eigenvalue weighted by Crippen LogP contribution is -2.43. The fraction of sp³-hybridized carbons (Fsp3) is 0.250. The molecule has 0 bridgehead atoms. The maximum absolute atomic E-state index is 13.9. The van der Waals surface area contributed by atoms with E-state index in [4.69, 9.17) is 33.4 Å². The number of ether oxygens (including phenoxy) is 6. The Bertz CT molecular complexity index is 3180. The van der Waals surface area contributed by atoms with Crippen molar-refractivity contribution in [3.05, 3.63) is 128 Å². The van der Waals surface area contributed by atoms with Gasteiger partial charge in [0, 0.05) is 57.2 Å². The van der Waals surface area contributed by atoms with Crippen LogP contribution in [-0.4, -0.2) is 59.2 Å². The number of nitrogens with one attached hydrogen (secondary N) is 2. The molecule has 0 amide bonds. The van der Waals surface area contributed by atoms with Crippen LogP contribution >= 0.6 is 0 Å². The Morgan fingerprint density at radius 2 is 1.60 bits per heavy atom. The molecular formula is C48H40N4O11. The van der Waals surface area contributed by atoms with E-state index in [9.17, 15) is 24.6 Å². The highest BCUT2D eigenvalue weighted by atomic mass is 16.7. The number of cyclic esters (lactones) is 2. The Morgan fingerprint density at radius 3 is 2.33 bits per heavy atom. The number of methoxy groups -OCH3 is 2. The number of benzene rings is 4. The molecule has 1 aliphatic carbocycles. The standard InChI is InChI=1S/C48H40N4O11/c1-4-48(57)33-17-35-43-30(19-52(35)45(54)31(33)20-61-47(48)56)29(26-7-5-6-8-34(26)51-43)18-49-24-9-11-25(12-10-24)50-42-28-16-37-36(62-22-63-37)15-27(28)40(41-32(42)21-60-46(41)55)23-13-38(58-2)44(53)39(14-23)59-3/h5-19,32,40-42,49-50,53,57H,4,20-22H2,1-3H3/t32-,40+,41-,42?,48-/m0/s1. The zero-order valence-electron chi connectivity index (χ0n) is 34.3. The van der Waals surface area contributed by atoms with Gasteiger partial charge in [0.1, 0.15) is 6.61 Å². The van der Waals surface area contributed by atoms with Crippen molar-refractivity contribution in [1.82, 2.24) is 9.38 Å². The van der Waals surface area contributed by atoms with Gasteiger partial charge in [0.2, 0.25) is 12.5 Å². The van der Waals surface area contributed by atoms with Crippen LogP contribution in [0.1, 0.15) is 53.1 Å². The number of para-hydroxylation sites is 1. The average Bonchev–Trinajstić information content (AvgIpc) is 4.03. The lowest BCUT2D eigenvalue weighted by Gasteiger charge is -2.40. The summed E-state index contributed by atoms with van der Waals surface area (Å²) >= 11 is 0. The third kappa shape index (κ3) is 5.75. The van der Waals surface area contributed by atoms with Crippen molar-refractivity contribution in [2.45, 2.75) is 37.5 Å². The molecule has 15 nitrogen and oxygen atoms in total. The zero-order chi connectivity index (χ0) is 43.3. The highest BCUT2D eigenvalue weighted by Crippen LogP contribution is 2.56. The van der Waals surface area contributed by atoms with E-state index in [1.165, 1.54) is 18.6 Å². The largest absolute Gasteiger partial charge is 0.502 e. The second-order valence-corrected chi connectivity index (χ2v) is 16.2. The van der Waals surface area contributed by atoms with Crippen molar-refractivity contribution < 1.29 is 48.2 Å². The van der Waals surface area contributed by atoms with Crippen molar-refractivity contribution in [3.8, 4) is 28.7 Å². The van der Waals surface area contributed by atoms with Gasteiger partial charge in [0.25, 0.3) is 5.56 Å². The number of aromatic hydroxyl groups is 1. The van der Waals surface area contributed by atoms with E-state index in [0.717, 1.165) is 38.7 Å². The molecule has 1 unspecified atom stereocenters. The van der Waals surface area contributed by atoms with Crippen LogP contribution in [0.2, 0.25) is 0 Å². The highest BCUT2D eigenvalue weighted by Gasteiger charge is 2.53. The predicted molar refractivity (Wildman–Crippen MR) is 230 cm³/mol. The topological polar surface area (TPSA) is 188 Å². The Morgan fingerprint density at radius 1 is 0.889 bits per heavy atom. The number of phenolic OH excluding ortho intramolecular Hbond substituents is 1. The number of phenols is 1. The minimum atomic E-state index is -1.94. The maximum atomic E-state index is 13.9. The van der Waals surface area contributed by atoms with E-state index in [-0.39, 0.29) is 78.3 Å². The van der Waals surface area contributed by atoms with E-state index < -0.39 is 23.4 Å². The van der Waals surface area contributed by atoms with Gasteiger partial charge in [-0.25, -0.2) is 9.78 Å².